The van der Waals surface area contributed by atoms with Crippen LogP contribution >= 0.6 is 0 Å². The summed E-state index contributed by atoms with van der Waals surface area (Å²) in [6.45, 7) is 6.76. The van der Waals surface area contributed by atoms with Crippen molar-refractivity contribution in [3.63, 3.8) is 0 Å². The van der Waals surface area contributed by atoms with E-state index in [1.54, 1.807) is 18.3 Å². The van der Waals surface area contributed by atoms with Crippen molar-refractivity contribution < 1.29 is 28.6 Å². The third-order valence-electron chi connectivity index (χ3n) is 7.23. The molecule has 5 nitrogen and oxygen atoms in total. The van der Waals surface area contributed by atoms with Crippen molar-refractivity contribution in [3.05, 3.63) is 109 Å². The summed E-state index contributed by atoms with van der Waals surface area (Å²) in [5.41, 5.74) is 7.61. The quantitative estimate of drug-likeness (QED) is 0.136. The van der Waals surface area contributed by atoms with Crippen LogP contribution in [0.4, 0.5) is 0 Å². The van der Waals surface area contributed by atoms with Crippen LogP contribution in [0.15, 0.2) is 89.6 Å². The molecule has 0 spiro atoms. The zero-order valence-electron chi connectivity index (χ0n) is 27.1. The van der Waals surface area contributed by atoms with E-state index in [0.717, 1.165) is 61.3 Å². The molecule has 42 heavy (non-hydrogen) atoms. The van der Waals surface area contributed by atoms with Crippen molar-refractivity contribution in [2.75, 3.05) is 0 Å². The molecule has 0 aliphatic rings. The van der Waals surface area contributed by atoms with Crippen molar-refractivity contribution in [2.24, 2.45) is 7.05 Å². The van der Waals surface area contributed by atoms with E-state index in [9.17, 15) is 0 Å². The van der Waals surface area contributed by atoms with Crippen LogP contribution in [0.2, 0.25) is 19.6 Å². The average molecular weight is 748 g/mol. The van der Waals surface area contributed by atoms with E-state index in [0.29, 0.717) is 5.56 Å². The Hall–Kier alpha value is -3.90. The Morgan fingerprint density at radius 1 is 0.881 bits per heavy atom. The molecule has 0 N–H and O–H groups in total. The molecule has 0 bridgehead atoms. The largest absolute Gasteiger partial charge is 0.500 e. The second kappa shape index (κ2) is 11.8. The van der Waals surface area contributed by atoms with Crippen LogP contribution in [-0.2, 0) is 27.2 Å². The standard InChI is InChI=1S/C20H14N3O.C15H18NSi.Ir/c1-12-19-16(9-10-21-12)22-20(23(19)2)13-7-8-18-15(11-13)14-5-3-4-6-17(14)24-18;1-12-5-7-13(8-6-12)15-10-9-14(11-16-15)17(2,3)4;/h3-6,8-11H,1-2H3;5-7,9-11H,1-4H3;/q2*-1;/i;1D3;. The molecular formula is C35H32IrN4OSi-2. The summed E-state index contributed by atoms with van der Waals surface area (Å²) in [6.07, 6.45) is 3.72. The third-order valence-corrected chi connectivity index (χ3v) is 9.26. The van der Waals surface area contributed by atoms with Crippen LogP contribution in [-0.4, -0.2) is 27.6 Å². The van der Waals surface area contributed by atoms with Gasteiger partial charge in [0.05, 0.1) is 36.2 Å². The average Bonchev–Trinajstić information content (AvgIpc) is 3.54. The van der Waals surface area contributed by atoms with Crippen LogP contribution < -0.4 is 5.19 Å². The van der Waals surface area contributed by atoms with Crippen LogP contribution in [0.25, 0.3) is 55.6 Å². The number of hydrogen-bond acceptors (Lipinski definition) is 4. The summed E-state index contributed by atoms with van der Waals surface area (Å²) in [4.78, 5) is 13.6. The molecule has 0 atom stereocenters. The van der Waals surface area contributed by atoms with Gasteiger partial charge in [0.2, 0.25) is 0 Å². The number of aryl methyl sites for hydroxylation is 3. The molecule has 0 fully saturated rings. The molecule has 3 aromatic carbocycles. The number of pyridine rings is 2. The minimum Gasteiger partial charge on any atom is -0.500 e. The number of fused-ring (bicyclic) bond motifs is 4. The van der Waals surface area contributed by atoms with Crippen LogP contribution in [0.5, 0.6) is 0 Å². The number of para-hydroxylation sites is 1. The van der Waals surface area contributed by atoms with Gasteiger partial charge in [-0.15, -0.1) is 59.2 Å². The maximum Gasteiger partial charge on any atom is 0.120 e. The van der Waals surface area contributed by atoms with E-state index in [-0.39, 0.29) is 20.1 Å². The molecule has 0 unspecified atom stereocenters. The van der Waals surface area contributed by atoms with Crippen molar-refractivity contribution in [1.29, 1.82) is 0 Å². The van der Waals surface area contributed by atoms with Gasteiger partial charge in [-0.25, -0.2) is 0 Å². The molecule has 0 amide bonds. The minimum absolute atomic E-state index is 0. The Balaban J connectivity index is 0.000000177. The maximum absolute atomic E-state index is 7.35. The summed E-state index contributed by atoms with van der Waals surface area (Å²) >= 11 is 0. The van der Waals surface area contributed by atoms with E-state index < -0.39 is 14.9 Å². The molecule has 7 aromatic rings. The summed E-state index contributed by atoms with van der Waals surface area (Å²) in [5.74, 6) is 0.883. The number of benzene rings is 3. The fourth-order valence-corrected chi connectivity index (χ4v) is 6.00. The zero-order valence-corrected chi connectivity index (χ0v) is 27.5. The Bertz CT molecular complexity index is 2060. The summed E-state index contributed by atoms with van der Waals surface area (Å²) in [5, 5.41) is 3.50. The van der Waals surface area contributed by atoms with E-state index in [2.05, 4.69) is 64.5 Å². The van der Waals surface area contributed by atoms with Gasteiger partial charge >= 0.3 is 0 Å². The Kier molecular flexibility index (Phi) is 7.22. The molecule has 7 rings (SSSR count). The number of imidazole rings is 1. The van der Waals surface area contributed by atoms with Crippen LogP contribution in [0.3, 0.4) is 0 Å². The molecule has 0 aliphatic heterocycles. The number of rotatable bonds is 3. The fraction of sp³-hybridized carbons (Fsp3) is 0.171. The second-order valence-corrected chi connectivity index (χ2v) is 16.2. The van der Waals surface area contributed by atoms with E-state index in [1.165, 1.54) is 11.3 Å². The molecule has 4 aromatic heterocycles. The molecule has 213 valence electrons. The van der Waals surface area contributed by atoms with E-state index in [1.807, 2.05) is 56.6 Å². The number of aromatic nitrogens is 4. The Labute approximate surface area is 265 Å². The zero-order chi connectivity index (χ0) is 31.2. The van der Waals surface area contributed by atoms with E-state index >= 15 is 0 Å². The summed E-state index contributed by atoms with van der Waals surface area (Å²) in [7, 11) is 0.681. The summed E-state index contributed by atoms with van der Waals surface area (Å²) in [6, 6.07) is 29.3. The number of furan rings is 1. The predicted molar refractivity (Wildman–Crippen MR) is 171 cm³/mol. The van der Waals surface area contributed by atoms with Crippen molar-refractivity contribution in [1.82, 2.24) is 19.5 Å². The molecule has 1 radical (unpaired) electrons. The first-order valence-electron chi connectivity index (χ1n) is 15.0. The molecular weight excluding hydrogens is 713 g/mol. The smallest absolute Gasteiger partial charge is 0.120 e. The SMILES string of the molecule is Cc1nccc2nc(-c3[c-]cc4oc5ccccc5c4c3)n(C)c12.[2H]C([2H])([2H])c1c[c-]c(-c2ccc([Si](C)(C)C)cn2)cc1.[Ir]. The van der Waals surface area contributed by atoms with Gasteiger partial charge in [0.25, 0.3) is 0 Å². The molecule has 0 aliphatic carbocycles. The van der Waals surface area contributed by atoms with Crippen LogP contribution in [0.1, 0.15) is 15.4 Å². The normalized spacial score (nSPS) is 12.7. The number of nitrogens with zero attached hydrogens (tertiary/aromatic N) is 4. The van der Waals surface area contributed by atoms with Crippen molar-refractivity contribution in [2.45, 2.75) is 33.4 Å². The van der Waals surface area contributed by atoms with Gasteiger partial charge in [-0.1, -0.05) is 62.2 Å². The first kappa shape index (κ1) is 25.8. The Morgan fingerprint density at radius 3 is 2.38 bits per heavy atom. The van der Waals surface area contributed by atoms with Gasteiger partial charge in [0.15, 0.2) is 0 Å². The van der Waals surface area contributed by atoms with Gasteiger partial charge in [-0.3, -0.25) is 9.97 Å². The second-order valence-electron chi connectivity index (χ2n) is 11.2. The van der Waals surface area contributed by atoms with Gasteiger partial charge in [0, 0.05) is 49.0 Å². The van der Waals surface area contributed by atoms with Gasteiger partial charge in [0.1, 0.15) is 5.58 Å². The topological polar surface area (TPSA) is 56.7 Å². The fourth-order valence-electron chi connectivity index (χ4n) is 4.97. The molecule has 4 heterocycles. The molecule has 0 saturated heterocycles. The van der Waals surface area contributed by atoms with E-state index in [4.69, 9.17) is 13.5 Å². The third kappa shape index (κ3) is 5.73. The first-order chi connectivity index (χ1) is 20.9. The number of hydrogen-bond donors (Lipinski definition) is 0. The van der Waals surface area contributed by atoms with Gasteiger partial charge < -0.3 is 14.0 Å². The van der Waals surface area contributed by atoms with Crippen LogP contribution in [0, 0.1) is 25.9 Å². The van der Waals surface area contributed by atoms with Crippen molar-refractivity contribution >= 4 is 46.2 Å². The Morgan fingerprint density at radius 2 is 1.69 bits per heavy atom. The van der Waals surface area contributed by atoms with Crippen molar-refractivity contribution in [3.8, 4) is 22.6 Å². The monoisotopic (exact) mass is 748 g/mol. The summed E-state index contributed by atoms with van der Waals surface area (Å²) < 4.78 is 30.0. The maximum atomic E-state index is 7.35. The molecule has 7 heteroatoms. The van der Waals surface area contributed by atoms with Gasteiger partial charge in [-0.05, 0) is 29.9 Å². The first-order valence-corrected chi connectivity index (χ1v) is 17.0. The predicted octanol–water partition coefficient (Wildman–Crippen LogP) is 8.04. The van der Waals surface area contributed by atoms with Gasteiger partial charge in [-0.2, -0.15) is 0 Å². The minimum atomic E-state index is -2.08. The molecule has 0 saturated carbocycles.